The van der Waals surface area contributed by atoms with E-state index in [2.05, 4.69) is 0 Å². The molecule has 0 radical (unpaired) electrons. The lowest BCUT2D eigenvalue weighted by Gasteiger charge is -2.18. The molecule has 0 unspecified atom stereocenters. The second-order valence-corrected chi connectivity index (χ2v) is 2.50. The molecule has 3 N–H and O–H groups in total. The Balaban J connectivity index is 4.01. The van der Waals surface area contributed by atoms with Crippen LogP contribution in [0.1, 0.15) is 20.3 Å². The van der Waals surface area contributed by atoms with Crippen molar-refractivity contribution >= 4 is 5.78 Å². The van der Waals surface area contributed by atoms with E-state index >= 15 is 0 Å². The summed E-state index contributed by atoms with van der Waals surface area (Å²) in [6.45, 7) is 2.90. The van der Waals surface area contributed by atoms with E-state index in [-0.39, 0.29) is 6.42 Å². The minimum Gasteiger partial charge on any atom is -0.391 e. The van der Waals surface area contributed by atoms with Crippen molar-refractivity contribution in [3.05, 3.63) is 0 Å². The molecule has 4 heteroatoms. The standard InChI is InChI=1S/C7H14O4/c1-3-5(9)7(11)6(10)4(2)8/h4,6-8,10-11H,3H2,1-2H3/t4-,6+,7-/m0/s1. The Morgan fingerprint density at radius 2 is 1.82 bits per heavy atom. The van der Waals surface area contributed by atoms with Crippen LogP contribution in [-0.4, -0.2) is 39.4 Å². The van der Waals surface area contributed by atoms with Gasteiger partial charge in [-0.15, -0.1) is 0 Å². The molecule has 3 atom stereocenters. The first-order chi connectivity index (χ1) is 5.00. The highest BCUT2D eigenvalue weighted by Gasteiger charge is 2.25. The van der Waals surface area contributed by atoms with Crippen LogP contribution < -0.4 is 0 Å². The molecular weight excluding hydrogens is 148 g/mol. The summed E-state index contributed by atoms with van der Waals surface area (Å²) in [5.74, 6) is -0.460. The molecule has 0 aromatic heterocycles. The van der Waals surface area contributed by atoms with Crippen LogP contribution in [0.5, 0.6) is 0 Å². The van der Waals surface area contributed by atoms with Gasteiger partial charge < -0.3 is 15.3 Å². The topological polar surface area (TPSA) is 77.8 Å². The van der Waals surface area contributed by atoms with Crippen LogP contribution >= 0.6 is 0 Å². The summed E-state index contributed by atoms with van der Waals surface area (Å²) in [4.78, 5) is 10.7. The molecule has 0 aliphatic rings. The smallest absolute Gasteiger partial charge is 0.163 e. The van der Waals surface area contributed by atoms with Crippen molar-refractivity contribution in [2.24, 2.45) is 0 Å². The van der Waals surface area contributed by atoms with Crippen molar-refractivity contribution in [1.29, 1.82) is 0 Å². The average molecular weight is 162 g/mol. The van der Waals surface area contributed by atoms with Gasteiger partial charge in [-0.3, -0.25) is 4.79 Å². The zero-order valence-corrected chi connectivity index (χ0v) is 6.69. The second kappa shape index (κ2) is 4.43. The Morgan fingerprint density at radius 3 is 2.09 bits per heavy atom. The number of carbonyl (C=O) groups excluding carboxylic acids is 1. The molecule has 0 aromatic rings. The van der Waals surface area contributed by atoms with Crippen LogP contribution in [0, 0.1) is 0 Å². The molecule has 0 saturated heterocycles. The fourth-order valence-corrected chi connectivity index (χ4v) is 0.663. The summed E-state index contributed by atoms with van der Waals surface area (Å²) in [5, 5.41) is 26.7. The summed E-state index contributed by atoms with van der Waals surface area (Å²) in [5.41, 5.74) is 0. The van der Waals surface area contributed by atoms with Crippen LogP contribution in [0.3, 0.4) is 0 Å². The Hall–Kier alpha value is -0.450. The minimum atomic E-state index is -1.46. The van der Waals surface area contributed by atoms with Crippen LogP contribution in [-0.2, 0) is 4.79 Å². The molecule has 0 amide bonds. The van der Waals surface area contributed by atoms with E-state index in [1.54, 1.807) is 6.92 Å². The summed E-state index contributed by atoms with van der Waals surface area (Å²) < 4.78 is 0. The summed E-state index contributed by atoms with van der Waals surface area (Å²) >= 11 is 0. The van der Waals surface area contributed by atoms with E-state index in [9.17, 15) is 4.79 Å². The Labute approximate surface area is 65.5 Å². The maximum absolute atomic E-state index is 10.7. The molecule has 0 aliphatic heterocycles. The third-order valence-electron chi connectivity index (χ3n) is 1.50. The highest BCUT2D eigenvalue weighted by atomic mass is 16.4. The number of Topliss-reactive ketones (excluding diaryl/α,β-unsaturated/α-hetero) is 1. The molecule has 66 valence electrons. The number of aliphatic hydroxyl groups is 3. The van der Waals surface area contributed by atoms with Gasteiger partial charge in [-0.25, -0.2) is 0 Å². The van der Waals surface area contributed by atoms with Crippen LogP contribution in [0.15, 0.2) is 0 Å². The number of rotatable bonds is 4. The van der Waals surface area contributed by atoms with E-state index in [4.69, 9.17) is 15.3 Å². The van der Waals surface area contributed by atoms with Crippen LogP contribution in [0.2, 0.25) is 0 Å². The van der Waals surface area contributed by atoms with Crippen LogP contribution in [0.4, 0.5) is 0 Å². The third-order valence-corrected chi connectivity index (χ3v) is 1.50. The monoisotopic (exact) mass is 162 g/mol. The minimum absolute atomic E-state index is 0.158. The van der Waals surface area contributed by atoms with E-state index in [1.807, 2.05) is 0 Å². The van der Waals surface area contributed by atoms with Gasteiger partial charge in [-0.1, -0.05) is 6.92 Å². The van der Waals surface area contributed by atoms with Gasteiger partial charge in [0.05, 0.1) is 6.10 Å². The van der Waals surface area contributed by atoms with Gasteiger partial charge in [0, 0.05) is 6.42 Å². The average Bonchev–Trinajstić information content (AvgIpc) is 2.00. The molecule has 0 aliphatic carbocycles. The normalized spacial score (nSPS) is 19.0. The maximum atomic E-state index is 10.7. The van der Waals surface area contributed by atoms with Gasteiger partial charge in [-0.2, -0.15) is 0 Å². The lowest BCUT2D eigenvalue weighted by molar-refractivity contribution is -0.137. The first kappa shape index (κ1) is 10.6. The quantitative estimate of drug-likeness (QED) is 0.499. The Kier molecular flexibility index (Phi) is 4.25. The molecule has 0 fully saturated rings. The zero-order chi connectivity index (χ0) is 9.02. The van der Waals surface area contributed by atoms with Gasteiger partial charge in [-0.05, 0) is 6.92 Å². The predicted molar refractivity (Wildman–Crippen MR) is 39.0 cm³/mol. The molecule has 0 saturated carbocycles. The van der Waals surface area contributed by atoms with Crippen LogP contribution in [0.25, 0.3) is 0 Å². The Morgan fingerprint density at radius 1 is 1.36 bits per heavy atom. The van der Waals surface area contributed by atoms with E-state index in [0.717, 1.165) is 0 Å². The molecule has 0 bridgehead atoms. The van der Waals surface area contributed by atoms with Gasteiger partial charge in [0.25, 0.3) is 0 Å². The van der Waals surface area contributed by atoms with Gasteiger partial charge in [0.15, 0.2) is 5.78 Å². The lowest BCUT2D eigenvalue weighted by Crippen LogP contribution is -2.40. The van der Waals surface area contributed by atoms with E-state index in [1.165, 1.54) is 6.92 Å². The van der Waals surface area contributed by atoms with Crippen molar-refractivity contribution in [1.82, 2.24) is 0 Å². The maximum Gasteiger partial charge on any atom is 0.163 e. The highest BCUT2D eigenvalue weighted by Crippen LogP contribution is 2.02. The van der Waals surface area contributed by atoms with Crippen molar-refractivity contribution in [3.63, 3.8) is 0 Å². The Bertz CT molecular complexity index is 132. The van der Waals surface area contributed by atoms with Crippen molar-refractivity contribution in [2.75, 3.05) is 0 Å². The van der Waals surface area contributed by atoms with E-state index < -0.39 is 24.1 Å². The fourth-order valence-electron chi connectivity index (χ4n) is 0.663. The summed E-state index contributed by atoms with van der Waals surface area (Å²) in [6, 6.07) is 0. The van der Waals surface area contributed by atoms with Crippen molar-refractivity contribution in [3.8, 4) is 0 Å². The number of hydrogen-bond acceptors (Lipinski definition) is 4. The molecule has 0 rings (SSSR count). The molecule has 0 heterocycles. The summed E-state index contributed by atoms with van der Waals surface area (Å²) in [6.07, 6.45) is -3.76. The number of hydrogen-bond donors (Lipinski definition) is 3. The van der Waals surface area contributed by atoms with Crippen molar-refractivity contribution < 1.29 is 20.1 Å². The largest absolute Gasteiger partial charge is 0.391 e. The molecule has 0 aromatic carbocycles. The van der Waals surface area contributed by atoms with Crippen molar-refractivity contribution in [2.45, 2.75) is 38.6 Å². The summed E-state index contributed by atoms with van der Waals surface area (Å²) in [7, 11) is 0. The lowest BCUT2D eigenvalue weighted by atomic mass is 10.0. The molecule has 0 spiro atoms. The number of aliphatic hydroxyl groups excluding tert-OH is 3. The zero-order valence-electron chi connectivity index (χ0n) is 6.69. The predicted octanol–water partition coefficient (Wildman–Crippen LogP) is -0.932. The second-order valence-electron chi connectivity index (χ2n) is 2.50. The fraction of sp³-hybridized carbons (Fsp3) is 0.857. The van der Waals surface area contributed by atoms with Gasteiger partial charge >= 0.3 is 0 Å². The molecule has 4 nitrogen and oxygen atoms in total. The first-order valence-electron chi connectivity index (χ1n) is 3.57. The SMILES string of the molecule is CCC(=O)[C@H](O)[C@H](O)[C@H](C)O. The third kappa shape index (κ3) is 2.96. The first-order valence-corrected chi connectivity index (χ1v) is 3.57. The van der Waals surface area contributed by atoms with E-state index in [0.29, 0.717) is 0 Å². The molecule has 11 heavy (non-hydrogen) atoms. The highest BCUT2D eigenvalue weighted by molar-refractivity contribution is 5.83. The number of carbonyl (C=O) groups is 1. The molecular formula is C7H14O4. The number of ketones is 1. The van der Waals surface area contributed by atoms with Gasteiger partial charge in [0.1, 0.15) is 12.2 Å². The van der Waals surface area contributed by atoms with Gasteiger partial charge in [0.2, 0.25) is 0 Å².